The van der Waals surface area contributed by atoms with Crippen molar-refractivity contribution in [1.29, 1.82) is 0 Å². The first-order valence-corrected chi connectivity index (χ1v) is 7.76. The molecule has 0 aliphatic heterocycles. The van der Waals surface area contributed by atoms with Gasteiger partial charge in [-0.3, -0.25) is 4.68 Å². The van der Waals surface area contributed by atoms with E-state index < -0.39 is 5.60 Å². The summed E-state index contributed by atoms with van der Waals surface area (Å²) in [7, 11) is 1.76. The zero-order valence-electron chi connectivity index (χ0n) is 14.1. The summed E-state index contributed by atoms with van der Waals surface area (Å²) >= 11 is 0. The summed E-state index contributed by atoms with van der Waals surface area (Å²) in [6, 6.07) is 4.24. The molecule has 0 aliphatic rings. The number of aliphatic hydroxyl groups is 1. The molecule has 6 nitrogen and oxygen atoms in total. The molecule has 1 atom stereocenters. The number of benzene rings is 1. The lowest BCUT2D eigenvalue weighted by Gasteiger charge is -2.22. The summed E-state index contributed by atoms with van der Waals surface area (Å²) in [5.41, 5.74) is 1.28. The Morgan fingerprint density at radius 2 is 2.17 bits per heavy atom. The lowest BCUT2D eigenvalue weighted by molar-refractivity contribution is 0.0593. The minimum absolute atomic E-state index is 0.0695. The van der Waals surface area contributed by atoms with E-state index in [1.165, 1.54) is 12.1 Å². The second-order valence-corrected chi connectivity index (χ2v) is 6.11. The van der Waals surface area contributed by atoms with Crippen molar-refractivity contribution < 1.29 is 14.3 Å². The quantitative estimate of drug-likeness (QED) is 0.751. The largest absolute Gasteiger partial charge is 0.383 e. The molecule has 130 valence electrons. The van der Waals surface area contributed by atoms with E-state index in [0.717, 1.165) is 11.1 Å². The van der Waals surface area contributed by atoms with Crippen LogP contribution >= 0.6 is 0 Å². The number of nitrogens with zero attached hydrogens (tertiary/aromatic N) is 2. The number of halogens is 1. The maximum absolute atomic E-state index is 13.0. The van der Waals surface area contributed by atoms with Crippen LogP contribution < -0.4 is 10.6 Å². The summed E-state index contributed by atoms with van der Waals surface area (Å²) in [6.45, 7) is 3.95. The molecule has 1 unspecified atom stereocenters. The van der Waals surface area contributed by atoms with Gasteiger partial charge in [-0.25, -0.2) is 9.18 Å². The van der Waals surface area contributed by atoms with Crippen molar-refractivity contribution in [3.8, 4) is 0 Å². The van der Waals surface area contributed by atoms with Crippen molar-refractivity contribution in [2.45, 2.75) is 25.9 Å². The van der Waals surface area contributed by atoms with Crippen LogP contribution in [0.25, 0.3) is 0 Å². The molecule has 0 radical (unpaired) electrons. The zero-order valence-corrected chi connectivity index (χ0v) is 14.1. The number of hydrogen-bond donors (Lipinski definition) is 3. The van der Waals surface area contributed by atoms with Crippen molar-refractivity contribution in [2.24, 2.45) is 7.05 Å². The van der Waals surface area contributed by atoms with Crippen LogP contribution in [0, 0.1) is 12.7 Å². The van der Waals surface area contributed by atoms with Crippen LogP contribution in [-0.4, -0.2) is 34.0 Å². The van der Waals surface area contributed by atoms with Gasteiger partial charge in [-0.05, 0) is 43.5 Å². The van der Waals surface area contributed by atoms with Gasteiger partial charge < -0.3 is 15.7 Å². The van der Waals surface area contributed by atoms with Crippen molar-refractivity contribution in [3.05, 3.63) is 53.1 Å². The van der Waals surface area contributed by atoms with Gasteiger partial charge in [0.1, 0.15) is 11.4 Å². The van der Waals surface area contributed by atoms with Crippen LogP contribution in [-0.2, 0) is 19.1 Å². The first-order chi connectivity index (χ1) is 11.3. The predicted octanol–water partition coefficient (Wildman–Crippen LogP) is 1.62. The van der Waals surface area contributed by atoms with E-state index >= 15 is 0 Å². The monoisotopic (exact) mass is 334 g/mol. The fraction of sp³-hybridized carbons (Fsp3) is 0.412. The fourth-order valence-electron chi connectivity index (χ4n) is 2.37. The number of nitrogens with one attached hydrogen (secondary N) is 2. The van der Waals surface area contributed by atoms with Gasteiger partial charge in [0.15, 0.2) is 0 Å². The number of carbonyl (C=O) groups excluding carboxylic acids is 1. The van der Waals surface area contributed by atoms with Crippen LogP contribution in [0.4, 0.5) is 9.18 Å². The number of aromatic nitrogens is 2. The summed E-state index contributed by atoms with van der Waals surface area (Å²) in [5.74, 6) is -0.264. The van der Waals surface area contributed by atoms with Crippen LogP contribution in [0.1, 0.15) is 23.6 Å². The number of hydrogen-bond acceptors (Lipinski definition) is 3. The molecule has 1 heterocycles. The number of urea groups is 1. The standard InChI is InChI=1S/C17H23FN4O2/c1-12-8-15(18)5-4-13(12)6-7-19-16(23)20-11-17(2,24)14-9-21-22(3)10-14/h4-5,8-10,24H,6-7,11H2,1-3H3,(H2,19,20,23). The third-order valence-corrected chi connectivity index (χ3v) is 3.90. The van der Waals surface area contributed by atoms with Crippen molar-refractivity contribution in [3.63, 3.8) is 0 Å². The van der Waals surface area contributed by atoms with Gasteiger partial charge in [-0.2, -0.15) is 5.10 Å². The second-order valence-electron chi connectivity index (χ2n) is 6.11. The SMILES string of the molecule is Cc1cc(F)ccc1CCNC(=O)NCC(C)(O)c1cnn(C)c1. The molecule has 0 aliphatic carbocycles. The van der Waals surface area contributed by atoms with Crippen molar-refractivity contribution in [2.75, 3.05) is 13.1 Å². The Balaban J connectivity index is 1.77. The third kappa shape index (κ3) is 4.79. The van der Waals surface area contributed by atoms with E-state index in [-0.39, 0.29) is 18.4 Å². The highest BCUT2D eigenvalue weighted by Gasteiger charge is 2.25. The molecule has 2 rings (SSSR count). The summed E-state index contributed by atoms with van der Waals surface area (Å²) in [6.07, 6.45) is 3.88. The molecule has 1 aromatic heterocycles. The summed E-state index contributed by atoms with van der Waals surface area (Å²) in [5, 5.41) is 19.8. The second kappa shape index (κ2) is 7.44. The minimum atomic E-state index is -1.20. The van der Waals surface area contributed by atoms with Crippen molar-refractivity contribution in [1.82, 2.24) is 20.4 Å². The molecule has 0 saturated carbocycles. The van der Waals surface area contributed by atoms with Crippen LogP contribution in [0.5, 0.6) is 0 Å². The van der Waals surface area contributed by atoms with Gasteiger partial charge in [0, 0.05) is 25.4 Å². The van der Waals surface area contributed by atoms with E-state index in [0.29, 0.717) is 18.5 Å². The molecular weight excluding hydrogens is 311 g/mol. The summed E-state index contributed by atoms with van der Waals surface area (Å²) in [4.78, 5) is 11.8. The van der Waals surface area contributed by atoms with Gasteiger partial charge in [0.2, 0.25) is 0 Å². The molecule has 0 spiro atoms. The summed E-state index contributed by atoms with van der Waals surface area (Å²) < 4.78 is 14.6. The number of rotatable bonds is 6. The minimum Gasteiger partial charge on any atom is -0.383 e. The number of aryl methyl sites for hydroxylation is 2. The van der Waals surface area contributed by atoms with Gasteiger partial charge in [-0.15, -0.1) is 0 Å². The Kier molecular flexibility index (Phi) is 5.56. The molecule has 3 N–H and O–H groups in total. The highest BCUT2D eigenvalue weighted by atomic mass is 19.1. The van der Waals surface area contributed by atoms with Gasteiger partial charge in [0.05, 0.1) is 12.7 Å². The molecule has 1 aromatic carbocycles. The van der Waals surface area contributed by atoms with E-state index in [2.05, 4.69) is 15.7 Å². The highest BCUT2D eigenvalue weighted by molar-refractivity contribution is 5.73. The maximum atomic E-state index is 13.0. The Morgan fingerprint density at radius 3 is 2.79 bits per heavy atom. The molecular formula is C17H23FN4O2. The molecule has 0 bridgehead atoms. The molecule has 2 aromatic rings. The average Bonchev–Trinajstić information content (AvgIpc) is 2.95. The zero-order chi connectivity index (χ0) is 17.7. The Morgan fingerprint density at radius 1 is 1.42 bits per heavy atom. The first-order valence-electron chi connectivity index (χ1n) is 7.76. The Hall–Kier alpha value is -2.41. The van der Waals surface area contributed by atoms with Crippen LogP contribution in [0.15, 0.2) is 30.6 Å². The number of amides is 2. The van der Waals surface area contributed by atoms with E-state index in [1.54, 1.807) is 37.1 Å². The van der Waals surface area contributed by atoms with E-state index in [4.69, 9.17) is 0 Å². The first kappa shape index (κ1) is 17.9. The lowest BCUT2D eigenvalue weighted by Crippen LogP contribution is -2.43. The average molecular weight is 334 g/mol. The highest BCUT2D eigenvalue weighted by Crippen LogP contribution is 2.18. The van der Waals surface area contributed by atoms with Gasteiger partial charge in [0.25, 0.3) is 0 Å². The molecule has 0 saturated heterocycles. The smallest absolute Gasteiger partial charge is 0.314 e. The number of carbonyl (C=O) groups is 1. The molecule has 7 heteroatoms. The van der Waals surface area contributed by atoms with Crippen LogP contribution in [0.2, 0.25) is 0 Å². The lowest BCUT2D eigenvalue weighted by atomic mass is 10.00. The van der Waals surface area contributed by atoms with Gasteiger partial charge >= 0.3 is 6.03 Å². The van der Waals surface area contributed by atoms with Crippen molar-refractivity contribution >= 4 is 6.03 Å². The molecule has 24 heavy (non-hydrogen) atoms. The van der Waals surface area contributed by atoms with E-state index in [9.17, 15) is 14.3 Å². The van der Waals surface area contributed by atoms with Gasteiger partial charge in [-0.1, -0.05) is 6.07 Å². The topological polar surface area (TPSA) is 79.2 Å². The Labute approximate surface area is 140 Å². The Bertz CT molecular complexity index is 712. The normalized spacial score (nSPS) is 13.4. The fourth-order valence-corrected chi connectivity index (χ4v) is 2.37. The van der Waals surface area contributed by atoms with E-state index in [1.807, 2.05) is 6.92 Å². The molecule has 0 fully saturated rings. The molecule has 2 amide bonds. The predicted molar refractivity (Wildman–Crippen MR) is 89.0 cm³/mol. The van der Waals surface area contributed by atoms with Crippen LogP contribution in [0.3, 0.4) is 0 Å². The maximum Gasteiger partial charge on any atom is 0.314 e. The third-order valence-electron chi connectivity index (χ3n) is 3.90.